The van der Waals surface area contributed by atoms with Crippen molar-refractivity contribution in [1.82, 2.24) is 0 Å². The molecule has 1 atom stereocenters. The molecule has 0 aromatic heterocycles. The highest BCUT2D eigenvalue weighted by molar-refractivity contribution is 6.30. The van der Waals surface area contributed by atoms with Crippen molar-refractivity contribution >= 4 is 17.6 Å². The topological polar surface area (TPSA) is 47.6 Å². The largest absolute Gasteiger partial charge is 0.463 e. The number of rotatable bonds is 4. The van der Waals surface area contributed by atoms with E-state index in [-0.39, 0.29) is 6.04 Å². The fourth-order valence-corrected chi connectivity index (χ4v) is 2.79. The van der Waals surface area contributed by atoms with Crippen LogP contribution in [0.1, 0.15) is 31.2 Å². The summed E-state index contributed by atoms with van der Waals surface area (Å²) in [6.45, 7) is 0.641. The zero-order valence-corrected chi connectivity index (χ0v) is 11.0. The molecule has 4 heteroatoms. The number of hydrogen-bond acceptors (Lipinski definition) is 3. The van der Waals surface area contributed by atoms with E-state index in [2.05, 4.69) is 17.1 Å². The number of halogens is 1. The van der Waals surface area contributed by atoms with E-state index in [4.69, 9.17) is 22.1 Å². The minimum atomic E-state index is 0.245. The first kappa shape index (κ1) is 11.8. The first-order chi connectivity index (χ1) is 8.68. The minimum absolute atomic E-state index is 0.245. The third-order valence-electron chi connectivity index (χ3n) is 4.00. The molecule has 1 unspecified atom stereocenters. The third-order valence-corrected chi connectivity index (χ3v) is 4.25. The zero-order chi connectivity index (χ0) is 12.6. The molecule has 0 saturated heterocycles. The zero-order valence-electron chi connectivity index (χ0n) is 10.2. The SMILES string of the molecule is NC1=NC(CCC2(c3ccc(Cl)cc3)CC2)CO1. The van der Waals surface area contributed by atoms with Gasteiger partial charge in [0.1, 0.15) is 6.61 Å². The lowest BCUT2D eigenvalue weighted by molar-refractivity contribution is 0.302. The fraction of sp³-hybridized carbons (Fsp3) is 0.500. The van der Waals surface area contributed by atoms with Crippen LogP contribution < -0.4 is 5.73 Å². The van der Waals surface area contributed by atoms with E-state index in [1.54, 1.807) is 0 Å². The summed E-state index contributed by atoms with van der Waals surface area (Å²) in [6.07, 6.45) is 4.73. The quantitative estimate of drug-likeness (QED) is 0.909. The summed E-state index contributed by atoms with van der Waals surface area (Å²) in [7, 11) is 0. The van der Waals surface area contributed by atoms with Crippen LogP contribution in [0.2, 0.25) is 5.02 Å². The molecule has 0 amide bonds. The maximum atomic E-state index is 5.93. The molecule has 0 radical (unpaired) electrons. The summed E-state index contributed by atoms with van der Waals surface area (Å²) in [5, 5.41) is 0.802. The van der Waals surface area contributed by atoms with E-state index in [1.165, 1.54) is 18.4 Å². The van der Waals surface area contributed by atoms with Crippen LogP contribution in [0.4, 0.5) is 0 Å². The van der Waals surface area contributed by atoms with Crippen molar-refractivity contribution in [3.8, 4) is 0 Å². The van der Waals surface area contributed by atoms with Crippen LogP contribution in [0.3, 0.4) is 0 Å². The molecule has 3 nitrogen and oxygen atoms in total. The summed E-state index contributed by atoms with van der Waals surface area (Å²) in [6, 6.07) is 8.85. The van der Waals surface area contributed by atoms with Gasteiger partial charge in [0.2, 0.25) is 0 Å². The molecular weight excluding hydrogens is 248 g/mol. The molecule has 2 N–H and O–H groups in total. The molecule has 96 valence electrons. The molecule has 1 fully saturated rings. The lowest BCUT2D eigenvalue weighted by Gasteiger charge is -2.16. The minimum Gasteiger partial charge on any atom is -0.463 e. The van der Waals surface area contributed by atoms with Crippen LogP contribution in [0.25, 0.3) is 0 Å². The van der Waals surface area contributed by atoms with Crippen LogP contribution in [0.15, 0.2) is 29.3 Å². The van der Waals surface area contributed by atoms with Crippen LogP contribution in [0.5, 0.6) is 0 Å². The highest BCUT2D eigenvalue weighted by atomic mass is 35.5. The van der Waals surface area contributed by atoms with Gasteiger partial charge in [-0.2, -0.15) is 0 Å². The Kier molecular flexibility index (Phi) is 2.94. The molecule has 1 aliphatic carbocycles. The average molecular weight is 265 g/mol. The molecule has 1 aliphatic heterocycles. The van der Waals surface area contributed by atoms with Gasteiger partial charge in [0.15, 0.2) is 0 Å². The summed E-state index contributed by atoms with van der Waals surface area (Å²) in [5.74, 6) is 0. The molecular formula is C14H17ClN2O. The molecule has 0 bridgehead atoms. The number of benzene rings is 1. The predicted octanol–water partition coefficient (Wildman–Crippen LogP) is 2.87. The van der Waals surface area contributed by atoms with Gasteiger partial charge in [-0.3, -0.25) is 0 Å². The van der Waals surface area contributed by atoms with Crippen LogP contribution >= 0.6 is 11.6 Å². The van der Waals surface area contributed by atoms with Gasteiger partial charge in [-0.25, -0.2) is 4.99 Å². The molecule has 2 aliphatic rings. The monoisotopic (exact) mass is 264 g/mol. The van der Waals surface area contributed by atoms with Gasteiger partial charge >= 0.3 is 0 Å². The number of hydrogen-bond donors (Lipinski definition) is 1. The average Bonchev–Trinajstić information content (AvgIpc) is 3.05. The standard InChI is InChI=1S/C14H17ClN2O/c15-11-3-1-10(2-4-11)14(7-8-14)6-5-12-9-18-13(16)17-12/h1-4,12H,5-9H2,(H2,16,17). The normalized spacial score (nSPS) is 24.5. The van der Waals surface area contributed by atoms with Gasteiger partial charge in [0.25, 0.3) is 6.02 Å². The van der Waals surface area contributed by atoms with E-state index >= 15 is 0 Å². The molecule has 1 heterocycles. The van der Waals surface area contributed by atoms with Gasteiger partial charge in [-0.1, -0.05) is 23.7 Å². The molecule has 18 heavy (non-hydrogen) atoms. The van der Waals surface area contributed by atoms with Crippen molar-refractivity contribution in [2.75, 3.05) is 6.61 Å². The molecule has 0 spiro atoms. The van der Waals surface area contributed by atoms with Gasteiger partial charge in [0, 0.05) is 5.02 Å². The number of ether oxygens (including phenoxy) is 1. The Morgan fingerprint density at radius 2 is 2.06 bits per heavy atom. The second-order valence-corrected chi connectivity index (χ2v) is 5.69. The van der Waals surface area contributed by atoms with Crippen molar-refractivity contribution < 1.29 is 4.74 Å². The first-order valence-electron chi connectivity index (χ1n) is 6.40. The number of nitrogens with two attached hydrogens (primary N) is 1. The smallest absolute Gasteiger partial charge is 0.282 e. The lowest BCUT2D eigenvalue weighted by atomic mass is 9.89. The Morgan fingerprint density at radius 1 is 1.33 bits per heavy atom. The molecule has 1 saturated carbocycles. The van der Waals surface area contributed by atoms with Gasteiger partial charge < -0.3 is 10.5 Å². The summed E-state index contributed by atoms with van der Waals surface area (Å²) < 4.78 is 5.18. The number of amidine groups is 1. The van der Waals surface area contributed by atoms with Crippen LogP contribution in [0, 0.1) is 0 Å². The van der Waals surface area contributed by atoms with Crippen molar-refractivity contribution in [2.45, 2.75) is 37.1 Å². The Labute approximate surface area is 112 Å². The summed E-state index contributed by atoms with van der Waals surface area (Å²) in [5.41, 5.74) is 7.28. The summed E-state index contributed by atoms with van der Waals surface area (Å²) in [4.78, 5) is 4.28. The maximum Gasteiger partial charge on any atom is 0.282 e. The fourth-order valence-electron chi connectivity index (χ4n) is 2.66. The number of aliphatic imine (C=N–C) groups is 1. The third kappa shape index (κ3) is 2.32. The molecule has 3 rings (SSSR count). The Bertz CT molecular complexity index is 465. The van der Waals surface area contributed by atoms with Crippen molar-refractivity contribution in [1.29, 1.82) is 0 Å². The van der Waals surface area contributed by atoms with E-state index in [9.17, 15) is 0 Å². The Hall–Kier alpha value is -1.22. The Morgan fingerprint density at radius 3 is 2.61 bits per heavy atom. The second kappa shape index (κ2) is 4.47. The highest BCUT2D eigenvalue weighted by Gasteiger charge is 2.44. The van der Waals surface area contributed by atoms with E-state index in [1.807, 2.05) is 12.1 Å². The second-order valence-electron chi connectivity index (χ2n) is 5.26. The van der Waals surface area contributed by atoms with E-state index in [0.29, 0.717) is 18.0 Å². The van der Waals surface area contributed by atoms with Gasteiger partial charge in [0.05, 0.1) is 6.04 Å². The maximum absolute atomic E-state index is 5.93. The van der Waals surface area contributed by atoms with Crippen LogP contribution in [-0.2, 0) is 10.2 Å². The van der Waals surface area contributed by atoms with Gasteiger partial charge in [-0.05, 0) is 48.8 Å². The lowest BCUT2D eigenvalue weighted by Crippen LogP contribution is -2.13. The van der Waals surface area contributed by atoms with Crippen molar-refractivity contribution in [3.63, 3.8) is 0 Å². The highest BCUT2D eigenvalue weighted by Crippen LogP contribution is 2.52. The first-order valence-corrected chi connectivity index (χ1v) is 6.78. The number of nitrogens with zero attached hydrogens (tertiary/aromatic N) is 1. The van der Waals surface area contributed by atoms with Crippen molar-refractivity contribution in [3.05, 3.63) is 34.9 Å². The van der Waals surface area contributed by atoms with E-state index < -0.39 is 0 Å². The van der Waals surface area contributed by atoms with Crippen LogP contribution in [-0.4, -0.2) is 18.7 Å². The molecule has 1 aromatic rings. The van der Waals surface area contributed by atoms with E-state index in [0.717, 1.165) is 17.9 Å². The molecule has 1 aromatic carbocycles. The summed E-state index contributed by atoms with van der Waals surface area (Å²) >= 11 is 5.93. The Balaban J connectivity index is 1.63. The van der Waals surface area contributed by atoms with Crippen molar-refractivity contribution in [2.24, 2.45) is 10.7 Å². The predicted molar refractivity (Wildman–Crippen MR) is 73.0 cm³/mol. The van der Waals surface area contributed by atoms with Gasteiger partial charge in [-0.15, -0.1) is 0 Å².